The van der Waals surface area contributed by atoms with Crippen LogP contribution in [0.5, 0.6) is 0 Å². The van der Waals surface area contributed by atoms with E-state index in [0.717, 1.165) is 17.8 Å². The number of ether oxygens (including phenoxy) is 3. The highest BCUT2D eigenvalue weighted by Crippen LogP contribution is 2.34. The molecule has 10 heteroatoms. The molecule has 2 N–H and O–H groups in total. The molecular formula is C22H26N2O6S2. The van der Waals surface area contributed by atoms with Gasteiger partial charge in [0.25, 0.3) is 0 Å². The zero-order valence-corrected chi connectivity index (χ0v) is 20.0. The Morgan fingerprint density at radius 1 is 0.906 bits per heavy atom. The minimum atomic E-state index is -0.558. The van der Waals surface area contributed by atoms with Crippen LogP contribution < -0.4 is 10.6 Å². The lowest BCUT2D eigenvalue weighted by Crippen LogP contribution is -2.20. The van der Waals surface area contributed by atoms with Crippen molar-refractivity contribution >= 4 is 57.3 Å². The Hall–Kier alpha value is -2.98. The van der Waals surface area contributed by atoms with Crippen molar-refractivity contribution in [1.82, 2.24) is 0 Å². The molecule has 2 rings (SSSR count). The number of thiocarbonyl (C=S) groups is 1. The van der Waals surface area contributed by atoms with Crippen molar-refractivity contribution in [2.75, 3.05) is 30.5 Å². The summed E-state index contributed by atoms with van der Waals surface area (Å²) in [5, 5.41) is 6.53. The summed E-state index contributed by atoms with van der Waals surface area (Å²) in [5.41, 5.74) is 1.76. The van der Waals surface area contributed by atoms with Crippen molar-refractivity contribution in [2.24, 2.45) is 0 Å². The summed E-state index contributed by atoms with van der Waals surface area (Å²) in [6.07, 6.45) is 0.749. The van der Waals surface area contributed by atoms with E-state index in [0.29, 0.717) is 33.3 Å². The molecule has 0 radical (unpaired) electrons. The first-order valence-electron chi connectivity index (χ1n) is 10.1. The van der Waals surface area contributed by atoms with Crippen molar-refractivity contribution in [3.8, 4) is 0 Å². The van der Waals surface area contributed by atoms with Crippen LogP contribution in [-0.2, 0) is 14.2 Å². The van der Waals surface area contributed by atoms with Crippen LogP contribution in [0, 0.1) is 6.92 Å². The molecule has 172 valence electrons. The molecule has 2 aromatic rings. The van der Waals surface area contributed by atoms with Gasteiger partial charge in [0.1, 0.15) is 9.88 Å². The Morgan fingerprint density at radius 3 is 2.12 bits per heavy atom. The van der Waals surface area contributed by atoms with Gasteiger partial charge in [0.05, 0.1) is 30.9 Å². The highest BCUT2D eigenvalue weighted by Gasteiger charge is 2.26. The molecule has 32 heavy (non-hydrogen) atoms. The summed E-state index contributed by atoms with van der Waals surface area (Å²) in [5.74, 6) is -1.46. The van der Waals surface area contributed by atoms with Gasteiger partial charge in [-0.05, 0) is 69.2 Å². The summed E-state index contributed by atoms with van der Waals surface area (Å²) in [4.78, 5) is 37.0. The van der Waals surface area contributed by atoms with E-state index in [1.807, 2.05) is 6.92 Å². The Bertz CT molecular complexity index is 985. The number of anilines is 2. The van der Waals surface area contributed by atoms with Crippen molar-refractivity contribution in [1.29, 1.82) is 0 Å². The van der Waals surface area contributed by atoms with Gasteiger partial charge in [-0.1, -0.05) is 6.92 Å². The first-order valence-corrected chi connectivity index (χ1v) is 11.4. The van der Waals surface area contributed by atoms with Gasteiger partial charge in [0.2, 0.25) is 0 Å². The highest BCUT2D eigenvalue weighted by molar-refractivity contribution is 7.80. The second-order valence-electron chi connectivity index (χ2n) is 6.49. The van der Waals surface area contributed by atoms with E-state index < -0.39 is 17.9 Å². The minimum Gasteiger partial charge on any atom is -0.462 e. The van der Waals surface area contributed by atoms with Gasteiger partial charge in [0, 0.05) is 5.69 Å². The van der Waals surface area contributed by atoms with Gasteiger partial charge in [-0.25, -0.2) is 14.4 Å². The summed E-state index contributed by atoms with van der Waals surface area (Å²) < 4.78 is 15.3. The molecule has 1 heterocycles. The van der Waals surface area contributed by atoms with Crippen LogP contribution in [0.3, 0.4) is 0 Å². The van der Waals surface area contributed by atoms with Crippen molar-refractivity contribution in [3.63, 3.8) is 0 Å². The van der Waals surface area contributed by atoms with E-state index in [4.69, 9.17) is 26.4 Å². The molecule has 0 aliphatic heterocycles. The van der Waals surface area contributed by atoms with Gasteiger partial charge in [0.15, 0.2) is 5.11 Å². The topological polar surface area (TPSA) is 103 Å². The zero-order chi connectivity index (χ0) is 23.7. The SMILES string of the molecule is CCCOC(=O)c1ccc(NC(=S)Nc2sc(C(=O)OCC)c(C)c2C(=O)OCC)cc1. The number of carbonyl (C=O) groups is 3. The normalized spacial score (nSPS) is 10.2. The van der Waals surface area contributed by atoms with Crippen molar-refractivity contribution < 1.29 is 28.6 Å². The van der Waals surface area contributed by atoms with Gasteiger partial charge in [-0.15, -0.1) is 11.3 Å². The predicted molar refractivity (Wildman–Crippen MR) is 128 cm³/mol. The quantitative estimate of drug-likeness (QED) is 0.299. The summed E-state index contributed by atoms with van der Waals surface area (Å²) in [6, 6.07) is 6.63. The fourth-order valence-corrected chi connectivity index (χ4v) is 4.05. The second kappa shape index (κ2) is 12.2. The van der Waals surface area contributed by atoms with Gasteiger partial charge >= 0.3 is 17.9 Å². The fraction of sp³-hybridized carbons (Fsp3) is 0.364. The molecule has 0 fully saturated rings. The lowest BCUT2D eigenvalue weighted by Gasteiger charge is -2.11. The molecular weight excluding hydrogens is 452 g/mol. The molecule has 0 bridgehead atoms. The number of esters is 3. The third-order valence-corrected chi connectivity index (χ3v) is 5.52. The van der Waals surface area contributed by atoms with E-state index in [1.54, 1.807) is 45.0 Å². The molecule has 1 aromatic carbocycles. The number of carbonyl (C=O) groups excluding carboxylic acids is 3. The van der Waals surface area contributed by atoms with E-state index in [9.17, 15) is 14.4 Å². The molecule has 0 saturated heterocycles. The Kier molecular flexibility index (Phi) is 9.61. The molecule has 0 aliphatic carbocycles. The Balaban J connectivity index is 2.17. The summed E-state index contributed by atoms with van der Waals surface area (Å²) >= 11 is 6.43. The third-order valence-electron chi connectivity index (χ3n) is 4.13. The third kappa shape index (κ3) is 6.51. The molecule has 0 aliphatic rings. The van der Waals surface area contributed by atoms with Crippen molar-refractivity contribution in [3.05, 3.63) is 45.8 Å². The highest BCUT2D eigenvalue weighted by atomic mass is 32.1. The molecule has 0 atom stereocenters. The number of rotatable bonds is 9. The summed E-state index contributed by atoms with van der Waals surface area (Å²) in [6.45, 7) is 7.77. The maximum Gasteiger partial charge on any atom is 0.348 e. The first kappa shape index (κ1) is 25.3. The second-order valence-corrected chi connectivity index (χ2v) is 7.92. The monoisotopic (exact) mass is 478 g/mol. The maximum atomic E-state index is 12.5. The van der Waals surface area contributed by atoms with E-state index >= 15 is 0 Å². The molecule has 8 nitrogen and oxygen atoms in total. The van der Waals surface area contributed by atoms with Crippen LogP contribution in [-0.4, -0.2) is 42.8 Å². The Morgan fingerprint density at radius 2 is 1.53 bits per heavy atom. The number of hydrogen-bond donors (Lipinski definition) is 2. The minimum absolute atomic E-state index is 0.192. The standard InChI is InChI=1S/C22H26N2O6S2/c1-5-12-30-19(25)14-8-10-15(11-9-14)23-22(31)24-18-16(20(26)28-6-2)13(4)17(32-18)21(27)29-7-3/h8-11H,5-7,12H2,1-4H3,(H2,23,24,31). The number of nitrogens with one attached hydrogen (secondary N) is 2. The van der Waals surface area contributed by atoms with Gasteiger partial charge < -0.3 is 24.8 Å². The fourth-order valence-electron chi connectivity index (χ4n) is 2.68. The van der Waals surface area contributed by atoms with Crippen LogP contribution in [0.2, 0.25) is 0 Å². The van der Waals surface area contributed by atoms with Crippen LogP contribution in [0.15, 0.2) is 24.3 Å². The zero-order valence-electron chi connectivity index (χ0n) is 18.4. The Labute approximate surface area is 196 Å². The van der Waals surface area contributed by atoms with Gasteiger partial charge in [-0.3, -0.25) is 0 Å². The molecule has 1 aromatic heterocycles. The van der Waals surface area contributed by atoms with Crippen molar-refractivity contribution in [2.45, 2.75) is 34.1 Å². The van der Waals surface area contributed by atoms with Crippen LogP contribution in [0.25, 0.3) is 0 Å². The van der Waals surface area contributed by atoms with E-state index in [1.165, 1.54) is 0 Å². The lowest BCUT2D eigenvalue weighted by atomic mass is 10.1. The number of benzene rings is 1. The maximum absolute atomic E-state index is 12.5. The molecule has 0 spiro atoms. The van der Waals surface area contributed by atoms with E-state index in [2.05, 4.69) is 10.6 Å². The molecule has 0 saturated carbocycles. The predicted octanol–water partition coefficient (Wildman–Crippen LogP) is 4.79. The van der Waals surface area contributed by atoms with Crippen LogP contribution in [0.1, 0.15) is 63.1 Å². The first-order chi connectivity index (χ1) is 15.3. The average Bonchev–Trinajstić information content (AvgIpc) is 3.08. The van der Waals surface area contributed by atoms with E-state index in [-0.39, 0.29) is 23.9 Å². The van der Waals surface area contributed by atoms with Crippen LogP contribution >= 0.6 is 23.6 Å². The smallest absolute Gasteiger partial charge is 0.348 e. The average molecular weight is 479 g/mol. The number of hydrogen-bond acceptors (Lipinski definition) is 8. The lowest BCUT2D eigenvalue weighted by molar-refractivity contribution is 0.0499. The molecule has 0 unspecified atom stereocenters. The number of thiophene rings is 1. The van der Waals surface area contributed by atoms with Gasteiger partial charge in [-0.2, -0.15) is 0 Å². The largest absolute Gasteiger partial charge is 0.462 e. The molecule has 0 amide bonds. The summed E-state index contributed by atoms with van der Waals surface area (Å²) in [7, 11) is 0. The van der Waals surface area contributed by atoms with Crippen LogP contribution in [0.4, 0.5) is 10.7 Å².